The number of aryl methyl sites for hydroxylation is 2. The van der Waals surface area contributed by atoms with Crippen molar-refractivity contribution in [3.63, 3.8) is 0 Å². The molecule has 3 aromatic carbocycles. The van der Waals surface area contributed by atoms with Crippen molar-refractivity contribution in [3.8, 4) is 0 Å². The second kappa shape index (κ2) is 8.06. The maximum absolute atomic E-state index is 12.6. The number of anilines is 2. The summed E-state index contributed by atoms with van der Waals surface area (Å²) in [5.74, 6) is 0. The van der Waals surface area contributed by atoms with Crippen LogP contribution in [0.5, 0.6) is 0 Å². The Bertz CT molecular complexity index is 1220. The molecular formula is C20H19ClN2O4S2. The summed E-state index contributed by atoms with van der Waals surface area (Å²) in [7, 11) is -7.62. The van der Waals surface area contributed by atoms with Crippen LogP contribution in [0.15, 0.2) is 76.5 Å². The third kappa shape index (κ3) is 5.29. The van der Waals surface area contributed by atoms with Gasteiger partial charge in [0.2, 0.25) is 0 Å². The van der Waals surface area contributed by atoms with Gasteiger partial charge in [-0.15, -0.1) is 0 Å². The van der Waals surface area contributed by atoms with Gasteiger partial charge in [-0.05, 0) is 85.6 Å². The van der Waals surface area contributed by atoms with Gasteiger partial charge in [0.1, 0.15) is 0 Å². The lowest BCUT2D eigenvalue weighted by Gasteiger charge is -2.11. The molecule has 0 aliphatic heterocycles. The van der Waals surface area contributed by atoms with Crippen molar-refractivity contribution in [2.24, 2.45) is 0 Å². The van der Waals surface area contributed by atoms with Crippen LogP contribution in [-0.2, 0) is 20.0 Å². The quantitative estimate of drug-likeness (QED) is 0.575. The van der Waals surface area contributed by atoms with Crippen molar-refractivity contribution < 1.29 is 16.8 Å². The van der Waals surface area contributed by atoms with Crippen LogP contribution in [0, 0.1) is 13.8 Å². The molecule has 0 fully saturated rings. The Morgan fingerprint density at radius 1 is 0.621 bits per heavy atom. The van der Waals surface area contributed by atoms with Gasteiger partial charge >= 0.3 is 0 Å². The molecule has 2 N–H and O–H groups in total. The zero-order valence-electron chi connectivity index (χ0n) is 15.7. The van der Waals surface area contributed by atoms with Gasteiger partial charge in [-0.2, -0.15) is 0 Å². The highest BCUT2D eigenvalue weighted by molar-refractivity contribution is 7.93. The van der Waals surface area contributed by atoms with E-state index in [1.165, 1.54) is 48.5 Å². The van der Waals surface area contributed by atoms with Crippen molar-refractivity contribution in [2.45, 2.75) is 23.6 Å². The van der Waals surface area contributed by atoms with Crippen LogP contribution < -0.4 is 9.44 Å². The zero-order valence-corrected chi connectivity index (χ0v) is 18.1. The molecule has 3 rings (SSSR count). The van der Waals surface area contributed by atoms with Crippen molar-refractivity contribution in [2.75, 3.05) is 9.44 Å². The Kier molecular flexibility index (Phi) is 5.88. The second-order valence-corrected chi connectivity index (χ2v) is 10.4. The molecule has 0 atom stereocenters. The van der Waals surface area contributed by atoms with Gasteiger partial charge in [0.25, 0.3) is 20.0 Å². The lowest BCUT2D eigenvalue weighted by molar-refractivity contribution is 0.600. The van der Waals surface area contributed by atoms with Crippen molar-refractivity contribution >= 4 is 43.0 Å². The minimum Gasteiger partial charge on any atom is -0.280 e. The van der Waals surface area contributed by atoms with E-state index in [4.69, 9.17) is 11.6 Å². The molecule has 9 heteroatoms. The molecule has 0 bridgehead atoms. The lowest BCUT2D eigenvalue weighted by Crippen LogP contribution is -2.14. The standard InChI is InChI=1S/C20H19ClN2O4S2/c1-14-11-15(2)13-18(12-14)23-29(26,27)20-9-5-17(6-10-20)22-28(24,25)19-7-3-16(21)4-8-19/h3-13,22-23H,1-2H3. The zero-order chi connectivity index (χ0) is 21.2. The van der Waals surface area contributed by atoms with Crippen LogP contribution >= 0.6 is 11.6 Å². The van der Waals surface area contributed by atoms with Gasteiger partial charge < -0.3 is 0 Å². The Balaban J connectivity index is 1.79. The number of hydrogen-bond donors (Lipinski definition) is 2. The smallest absolute Gasteiger partial charge is 0.261 e. The monoisotopic (exact) mass is 450 g/mol. The normalized spacial score (nSPS) is 11.8. The first-order chi connectivity index (χ1) is 13.5. The number of halogens is 1. The fraction of sp³-hybridized carbons (Fsp3) is 0.100. The average molecular weight is 451 g/mol. The molecular weight excluding hydrogens is 432 g/mol. The van der Waals surface area contributed by atoms with Crippen LogP contribution in [-0.4, -0.2) is 16.8 Å². The number of hydrogen-bond acceptors (Lipinski definition) is 4. The van der Waals surface area contributed by atoms with E-state index in [0.29, 0.717) is 10.7 Å². The van der Waals surface area contributed by atoms with E-state index in [9.17, 15) is 16.8 Å². The van der Waals surface area contributed by atoms with Gasteiger partial charge in [0, 0.05) is 16.4 Å². The van der Waals surface area contributed by atoms with Gasteiger partial charge in [-0.3, -0.25) is 9.44 Å². The van der Waals surface area contributed by atoms with Gasteiger partial charge in [-0.25, -0.2) is 16.8 Å². The van der Waals surface area contributed by atoms with E-state index in [2.05, 4.69) is 9.44 Å². The van der Waals surface area contributed by atoms with E-state index in [0.717, 1.165) is 11.1 Å². The highest BCUT2D eigenvalue weighted by atomic mass is 35.5. The predicted octanol–water partition coefficient (Wildman–Crippen LogP) is 4.56. The van der Waals surface area contributed by atoms with E-state index in [1.807, 2.05) is 19.9 Å². The number of benzene rings is 3. The maximum Gasteiger partial charge on any atom is 0.261 e. The molecule has 6 nitrogen and oxygen atoms in total. The number of rotatable bonds is 6. The highest BCUT2D eigenvalue weighted by Crippen LogP contribution is 2.22. The van der Waals surface area contributed by atoms with Crippen molar-refractivity contribution in [3.05, 3.63) is 82.9 Å². The van der Waals surface area contributed by atoms with E-state index in [-0.39, 0.29) is 15.5 Å². The summed E-state index contributed by atoms with van der Waals surface area (Å²) in [5.41, 5.74) is 2.59. The fourth-order valence-electron chi connectivity index (χ4n) is 2.78. The molecule has 3 aromatic rings. The molecule has 0 aliphatic rings. The molecule has 0 amide bonds. The molecule has 0 saturated heterocycles. The van der Waals surface area contributed by atoms with Gasteiger partial charge in [0.15, 0.2) is 0 Å². The molecule has 0 heterocycles. The largest absolute Gasteiger partial charge is 0.280 e. The summed E-state index contributed by atoms with van der Waals surface area (Å²) >= 11 is 5.78. The minimum atomic E-state index is -3.81. The summed E-state index contributed by atoms with van der Waals surface area (Å²) < 4.78 is 55.0. The molecule has 0 unspecified atom stereocenters. The third-order valence-electron chi connectivity index (χ3n) is 4.01. The van der Waals surface area contributed by atoms with Gasteiger partial charge in [-0.1, -0.05) is 17.7 Å². The SMILES string of the molecule is Cc1cc(C)cc(NS(=O)(=O)c2ccc(NS(=O)(=O)c3ccc(Cl)cc3)cc2)c1. The Morgan fingerprint density at radius 2 is 1.03 bits per heavy atom. The summed E-state index contributed by atoms with van der Waals surface area (Å²) in [6.07, 6.45) is 0. The molecule has 152 valence electrons. The van der Waals surface area contributed by atoms with Crippen LogP contribution in [0.4, 0.5) is 11.4 Å². The Morgan fingerprint density at radius 3 is 1.52 bits per heavy atom. The van der Waals surface area contributed by atoms with Crippen LogP contribution in [0.25, 0.3) is 0 Å². The number of nitrogens with one attached hydrogen (secondary N) is 2. The van der Waals surface area contributed by atoms with Crippen LogP contribution in [0.2, 0.25) is 5.02 Å². The van der Waals surface area contributed by atoms with Crippen molar-refractivity contribution in [1.29, 1.82) is 0 Å². The fourth-order valence-corrected chi connectivity index (χ4v) is 5.00. The van der Waals surface area contributed by atoms with E-state index in [1.54, 1.807) is 12.1 Å². The summed E-state index contributed by atoms with van der Waals surface area (Å²) in [6.45, 7) is 3.76. The van der Waals surface area contributed by atoms with Crippen molar-refractivity contribution in [1.82, 2.24) is 0 Å². The Hall–Kier alpha value is -2.55. The van der Waals surface area contributed by atoms with E-state index >= 15 is 0 Å². The van der Waals surface area contributed by atoms with E-state index < -0.39 is 20.0 Å². The molecule has 0 saturated carbocycles. The first-order valence-corrected chi connectivity index (χ1v) is 11.9. The van der Waals surface area contributed by atoms with Crippen LogP contribution in [0.3, 0.4) is 0 Å². The van der Waals surface area contributed by atoms with Crippen LogP contribution in [0.1, 0.15) is 11.1 Å². The molecule has 29 heavy (non-hydrogen) atoms. The highest BCUT2D eigenvalue weighted by Gasteiger charge is 2.17. The predicted molar refractivity (Wildman–Crippen MR) is 115 cm³/mol. The molecule has 0 aliphatic carbocycles. The summed E-state index contributed by atoms with van der Waals surface area (Å²) in [5, 5.41) is 0.426. The minimum absolute atomic E-state index is 0.0195. The first kappa shape index (κ1) is 21.2. The first-order valence-electron chi connectivity index (χ1n) is 8.55. The topological polar surface area (TPSA) is 92.3 Å². The van der Waals surface area contributed by atoms with Gasteiger partial charge in [0.05, 0.1) is 9.79 Å². The number of sulfonamides is 2. The Labute approximate surface area is 175 Å². The average Bonchev–Trinajstić information content (AvgIpc) is 2.61. The summed E-state index contributed by atoms with van der Waals surface area (Å²) in [4.78, 5) is 0.0705. The third-order valence-corrected chi connectivity index (χ3v) is 7.06. The molecule has 0 aromatic heterocycles. The maximum atomic E-state index is 12.6. The molecule has 0 spiro atoms. The molecule has 0 radical (unpaired) electrons. The summed E-state index contributed by atoms with van der Waals surface area (Å²) in [6, 6.07) is 16.6. The lowest BCUT2D eigenvalue weighted by atomic mass is 10.1. The second-order valence-electron chi connectivity index (χ2n) is 6.57.